The van der Waals surface area contributed by atoms with Gasteiger partial charge in [0.1, 0.15) is 0 Å². The maximum absolute atomic E-state index is 5.87. The van der Waals surface area contributed by atoms with Crippen molar-refractivity contribution in [1.29, 1.82) is 0 Å². The van der Waals surface area contributed by atoms with Crippen molar-refractivity contribution in [3.05, 3.63) is 40.4 Å². The summed E-state index contributed by atoms with van der Waals surface area (Å²) in [4.78, 5) is 8.46. The monoisotopic (exact) mass is 287 g/mol. The first kappa shape index (κ1) is 13.6. The number of benzene rings is 1. The number of nitrogens with zero attached hydrogens (tertiary/aromatic N) is 2. The number of aromatic nitrogens is 1. The van der Waals surface area contributed by atoms with Crippen LogP contribution in [0, 0.1) is 0 Å². The Labute approximate surface area is 124 Å². The van der Waals surface area contributed by atoms with Crippen LogP contribution in [0.4, 0.5) is 10.8 Å². The van der Waals surface area contributed by atoms with E-state index in [2.05, 4.69) is 36.1 Å². The van der Waals surface area contributed by atoms with E-state index >= 15 is 0 Å². The first-order valence-corrected chi connectivity index (χ1v) is 8.19. The molecule has 0 unspecified atom stereocenters. The molecule has 20 heavy (non-hydrogen) atoms. The molecule has 0 atom stereocenters. The third kappa shape index (κ3) is 2.45. The van der Waals surface area contributed by atoms with Crippen molar-refractivity contribution in [3.63, 3.8) is 0 Å². The molecule has 0 saturated carbocycles. The largest absolute Gasteiger partial charge is 0.326 e. The minimum Gasteiger partial charge on any atom is -0.326 e. The van der Waals surface area contributed by atoms with Crippen LogP contribution in [0.15, 0.2) is 24.3 Å². The average molecular weight is 287 g/mol. The van der Waals surface area contributed by atoms with Gasteiger partial charge in [0, 0.05) is 23.7 Å². The van der Waals surface area contributed by atoms with Gasteiger partial charge in [-0.3, -0.25) is 0 Å². The molecule has 1 aromatic carbocycles. The molecule has 0 radical (unpaired) electrons. The van der Waals surface area contributed by atoms with E-state index in [-0.39, 0.29) is 0 Å². The van der Waals surface area contributed by atoms with Gasteiger partial charge < -0.3 is 10.6 Å². The number of anilines is 2. The maximum atomic E-state index is 5.87. The molecule has 2 aromatic rings. The van der Waals surface area contributed by atoms with Crippen molar-refractivity contribution in [2.45, 2.75) is 39.2 Å². The Morgan fingerprint density at radius 2 is 2.20 bits per heavy atom. The standard InChI is InChI=1S/C16H21N3S/c1-2-6-13-15(11-17)20-16(18-13)19-10-5-8-12-7-3-4-9-14(12)19/h3-4,7,9H,2,5-6,8,10-11,17H2,1H3. The summed E-state index contributed by atoms with van der Waals surface area (Å²) in [5.74, 6) is 0. The van der Waals surface area contributed by atoms with Crippen LogP contribution in [0.5, 0.6) is 0 Å². The third-order valence-corrected chi connectivity index (χ3v) is 4.92. The van der Waals surface area contributed by atoms with Gasteiger partial charge in [-0.15, -0.1) is 0 Å². The molecular formula is C16H21N3S. The van der Waals surface area contributed by atoms with Gasteiger partial charge in [0.05, 0.1) is 5.69 Å². The van der Waals surface area contributed by atoms with Gasteiger partial charge in [-0.1, -0.05) is 42.9 Å². The molecule has 0 saturated heterocycles. The summed E-state index contributed by atoms with van der Waals surface area (Å²) in [6, 6.07) is 8.67. The molecule has 3 rings (SSSR count). The number of aryl methyl sites for hydroxylation is 2. The highest BCUT2D eigenvalue weighted by molar-refractivity contribution is 7.15. The first-order valence-electron chi connectivity index (χ1n) is 7.37. The van der Waals surface area contributed by atoms with Crippen LogP contribution in [-0.4, -0.2) is 11.5 Å². The third-order valence-electron chi connectivity index (χ3n) is 3.78. The Hall–Kier alpha value is -1.39. The van der Waals surface area contributed by atoms with Crippen molar-refractivity contribution in [3.8, 4) is 0 Å². The van der Waals surface area contributed by atoms with Gasteiger partial charge >= 0.3 is 0 Å². The summed E-state index contributed by atoms with van der Waals surface area (Å²) in [7, 11) is 0. The lowest BCUT2D eigenvalue weighted by Crippen LogP contribution is -2.24. The maximum Gasteiger partial charge on any atom is 0.190 e. The Morgan fingerprint density at radius 1 is 1.35 bits per heavy atom. The summed E-state index contributed by atoms with van der Waals surface area (Å²) in [5, 5.41) is 1.11. The predicted molar refractivity (Wildman–Crippen MR) is 85.8 cm³/mol. The van der Waals surface area contributed by atoms with E-state index in [1.807, 2.05) is 0 Å². The van der Waals surface area contributed by atoms with Crippen molar-refractivity contribution < 1.29 is 0 Å². The highest BCUT2D eigenvalue weighted by Crippen LogP contribution is 2.36. The predicted octanol–water partition coefficient (Wildman–Crippen LogP) is 3.64. The van der Waals surface area contributed by atoms with E-state index in [1.165, 1.54) is 34.7 Å². The van der Waals surface area contributed by atoms with Crippen LogP contribution >= 0.6 is 11.3 Å². The molecule has 1 aliphatic rings. The summed E-state index contributed by atoms with van der Waals surface area (Å²) in [6.07, 6.45) is 4.51. The van der Waals surface area contributed by atoms with Crippen molar-refractivity contribution in [1.82, 2.24) is 4.98 Å². The fourth-order valence-electron chi connectivity index (χ4n) is 2.81. The molecule has 0 amide bonds. The van der Waals surface area contributed by atoms with Crippen molar-refractivity contribution >= 4 is 22.2 Å². The van der Waals surface area contributed by atoms with E-state index in [0.29, 0.717) is 6.54 Å². The second kappa shape index (κ2) is 5.94. The first-order chi connectivity index (χ1) is 9.83. The van der Waals surface area contributed by atoms with Crippen LogP contribution in [0.2, 0.25) is 0 Å². The lowest BCUT2D eigenvalue weighted by Gasteiger charge is -2.28. The van der Waals surface area contributed by atoms with Crippen molar-refractivity contribution in [2.75, 3.05) is 11.4 Å². The highest BCUT2D eigenvalue weighted by Gasteiger charge is 2.21. The average Bonchev–Trinajstić information content (AvgIpc) is 2.90. The minimum atomic E-state index is 0.600. The number of para-hydroxylation sites is 1. The van der Waals surface area contributed by atoms with Gasteiger partial charge in [-0.25, -0.2) is 4.98 Å². The number of hydrogen-bond acceptors (Lipinski definition) is 4. The molecule has 106 valence electrons. The van der Waals surface area contributed by atoms with E-state index in [1.54, 1.807) is 11.3 Å². The molecule has 1 aromatic heterocycles. The van der Waals surface area contributed by atoms with Crippen LogP contribution in [0.3, 0.4) is 0 Å². The molecule has 0 spiro atoms. The molecule has 1 aliphatic heterocycles. The zero-order valence-electron chi connectivity index (χ0n) is 11.9. The Morgan fingerprint density at radius 3 is 3.00 bits per heavy atom. The molecule has 0 bridgehead atoms. The summed E-state index contributed by atoms with van der Waals surface area (Å²) in [5.41, 5.74) is 9.81. The smallest absolute Gasteiger partial charge is 0.190 e. The van der Waals surface area contributed by atoms with E-state index in [0.717, 1.165) is 24.5 Å². The van der Waals surface area contributed by atoms with Gasteiger partial charge in [0.15, 0.2) is 5.13 Å². The zero-order valence-corrected chi connectivity index (χ0v) is 12.7. The molecule has 3 nitrogen and oxygen atoms in total. The SMILES string of the molecule is CCCc1nc(N2CCCc3ccccc32)sc1CN. The molecule has 0 fully saturated rings. The number of thiazole rings is 1. The molecule has 2 heterocycles. The van der Waals surface area contributed by atoms with E-state index in [9.17, 15) is 0 Å². The second-order valence-corrected chi connectivity index (χ2v) is 6.27. The molecule has 2 N–H and O–H groups in total. The fourth-order valence-corrected chi connectivity index (χ4v) is 3.83. The number of nitrogens with two attached hydrogens (primary N) is 1. The quantitative estimate of drug-likeness (QED) is 0.933. The molecular weight excluding hydrogens is 266 g/mol. The van der Waals surface area contributed by atoms with Crippen LogP contribution in [0.25, 0.3) is 0 Å². The Bertz CT molecular complexity index is 591. The topological polar surface area (TPSA) is 42.2 Å². The second-order valence-electron chi connectivity index (χ2n) is 5.20. The van der Waals surface area contributed by atoms with Crippen LogP contribution in [0.1, 0.15) is 35.9 Å². The summed E-state index contributed by atoms with van der Waals surface area (Å²) >= 11 is 1.76. The Balaban J connectivity index is 1.98. The minimum absolute atomic E-state index is 0.600. The normalized spacial score (nSPS) is 14.4. The van der Waals surface area contributed by atoms with E-state index in [4.69, 9.17) is 10.7 Å². The number of hydrogen-bond donors (Lipinski definition) is 1. The van der Waals surface area contributed by atoms with Gasteiger partial charge in [0.2, 0.25) is 0 Å². The van der Waals surface area contributed by atoms with Gasteiger partial charge in [-0.2, -0.15) is 0 Å². The lowest BCUT2D eigenvalue weighted by atomic mass is 10.0. The van der Waals surface area contributed by atoms with Crippen LogP contribution < -0.4 is 10.6 Å². The van der Waals surface area contributed by atoms with E-state index < -0.39 is 0 Å². The van der Waals surface area contributed by atoms with Crippen molar-refractivity contribution in [2.24, 2.45) is 5.73 Å². The lowest BCUT2D eigenvalue weighted by molar-refractivity contribution is 0.762. The zero-order chi connectivity index (χ0) is 13.9. The number of rotatable bonds is 4. The van der Waals surface area contributed by atoms with Crippen LogP contribution in [-0.2, 0) is 19.4 Å². The number of fused-ring (bicyclic) bond motifs is 1. The summed E-state index contributed by atoms with van der Waals surface area (Å²) in [6.45, 7) is 3.85. The van der Waals surface area contributed by atoms with Gasteiger partial charge in [-0.05, 0) is 30.9 Å². The fraction of sp³-hybridized carbons (Fsp3) is 0.438. The Kier molecular flexibility index (Phi) is 4.03. The molecule has 0 aliphatic carbocycles. The highest BCUT2D eigenvalue weighted by atomic mass is 32.1. The van der Waals surface area contributed by atoms with Gasteiger partial charge in [0.25, 0.3) is 0 Å². The summed E-state index contributed by atoms with van der Waals surface area (Å²) < 4.78 is 0. The molecule has 4 heteroatoms.